The van der Waals surface area contributed by atoms with Crippen molar-refractivity contribution < 1.29 is 14.7 Å². The van der Waals surface area contributed by atoms with Gasteiger partial charge in [0, 0.05) is 16.1 Å². The van der Waals surface area contributed by atoms with Crippen LogP contribution in [0.2, 0.25) is 5.02 Å². The van der Waals surface area contributed by atoms with Gasteiger partial charge in [-0.25, -0.2) is 0 Å². The van der Waals surface area contributed by atoms with E-state index in [9.17, 15) is 5.11 Å². The first-order chi connectivity index (χ1) is 12.7. The van der Waals surface area contributed by atoms with Gasteiger partial charge < -0.3 is 14.7 Å². The van der Waals surface area contributed by atoms with E-state index < -0.39 is 0 Å². The molecule has 5 nitrogen and oxygen atoms in total. The standard InChI is InChI=1S/C20H24ClN3O2/c1-2-26-19-5-3-4-17(20(19)25)14-22-24-12-10-23(11-13-24)15-16-6-8-18(21)9-7-16/h3-9,14,25H,2,10-13,15H2,1H3/p+1/b22-14+. The summed E-state index contributed by atoms with van der Waals surface area (Å²) in [6, 6.07) is 13.5. The number of ether oxygens (including phenoxy) is 1. The van der Waals surface area contributed by atoms with E-state index in [1.807, 2.05) is 31.2 Å². The number of nitrogens with zero attached hydrogens (tertiary/aromatic N) is 2. The molecular formula is C20H25ClN3O2+. The number of hydrogen-bond donors (Lipinski definition) is 2. The van der Waals surface area contributed by atoms with Crippen molar-refractivity contribution in [2.24, 2.45) is 5.10 Å². The average molecular weight is 375 g/mol. The second kappa shape index (κ2) is 8.92. The zero-order valence-corrected chi connectivity index (χ0v) is 15.7. The average Bonchev–Trinajstić information content (AvgIpc) is 2.66. The van der Waals surface area contributed by atoms with Gasteiger partial charge in [-0.05, 0) is 31.2 Å². The first-order valence-electron chi connectivity index (χ1n) is 8.97. The maximum atomic E-state index is 10.2. The van der Waals surface area contributed by atoms with Gasteiger partial charge in [0.25, 0.3) is 0 Å². The monoisotopic (exact) mass is 374 g/mol. The molecule has 2 aromatic carbocycles. The van der Waals surface area contributed by atoms with E-state index in [0.29, 0.717) is 17.9 Å². The van der Waals surface area contributed by atoms with Crippen LogP contribution in [-0.2, 0) is 6.54 Å². The molecule has 0 unspecified atom stereocenters. The number of benzene rings is 2. The molecule has 1 saturated heterocycles. The molecule has 0 bridgehead atoms. The Bertz CT molecular complexity index is 741. The Morgan fingerprint density at radius 1 is 1.19 bits per heavy atom. The highest BCUT2D eigenvalue weighted by atomic mass is 35.5. The number of halogens is 1. The summed E-state index contributed by atoms with van der Waals surface area (Å²) in [7, 11) is 0. The van der Waals surface area contributed by atoms with E-state index in [1.54, 1.807) is 17.2 Å². The van der Waals surface area contributed by atoms with Crippen molar-refractivity contribution in [1.29, 1.82) is 0 Å². The van der Waals surface area contributed by atoms with Gasteiger partial charge in [-0.15, -0.1) is 0 Å². The zero-order valence-electron chi connectivity index (χ0n) is 15.0. The number of aromatic hydroxyl groups is 1. The summed E-state index contributed by atoms with van der Waals surface area (Å²) in [6.07, 6.45) is 1.71. The SMILES string of the molecule is CCOc1cccc(/C=N/N2CC[NH+](Cc3ccc(Cl)cc3)CC2)c1O. The molecule has 138 valence electrons. The Kier molecular flexibility index (Phi) is 6.36. The first-order valence-corrected chi connectivity index (χ1v) is 9.35. The lowest BCUT2D eigenvalue weighted by Gasteiger charge is -2.30. The summed E-state index contributed by atoms with van der Waals surface area (Å²) >= 11 is 5.94. The summed E-state index contributed by atoms with van der Waals surface area (Å²) in [6.45, 7) is 7.27. The second-order valence-electron chi connectivity index (χ2n) is 6.38. The topological polar surface area (TPSA) is 49.5 Å². The van der Waals surface area contributed by atoms with E-state index >= 15 is 0 Å². The number of piperazine rings is 1. The predicted octanol–water partition coefficient (Wildman–Crippen LogP) is 2.18. The predicted molar refractivity (Wildman–Crippen MR) is 104 cm³/mol. The van der Waals surface area contributed by atoms with Crippen LogP contribution in [0.5, 0.6) is 11.5 Å². The minimum atomic E-state index is 0.144. The van der Waals surface area contributed by atoms with Crippen LogP contribution in [0.15, 0.2) is 47.6 Å². The molecule has 0 amide bonds. The van der Waals surface area contributed by atoms with E-state index in [0.717, 1.165) is 37.7 Å². The fraction of sp³-hybridized carbons (Fsp3) is 0.350. The van der Waals surface area contributed by atoms with Crippen molar-refractivity contribution in [2.75, 3.05) is 32.8 Å². The third-order valence-electron chi connectivity index (χ3n) is 4.50. The highest BCUT2D eigenvalue weighted by molar-refractivity contribution is 6.30. The summed E-state index contributed by atoms with van der Waals surface area (Å²) < 4.78 is 5.41. The Morgan fingerprint density at radius 3 is 2.62 bits per heavy atom. The Labute approximate surface area is 159 Å². The fourth-order valence-electron chi connectivity index (χ4n) is 3.05. The molecule has 0 saturated carbocycles. The number of nitrogens with one attached hydrogen (secondary N) is 1. The molecular weight excluding hydrogens is 350 g/mol. The van der Waals surface area contributed by atoms with Crippen molar-refractivity contribution in [3.8, 4) is 11.5 Å². The molecule has 26 heavy (non-hydrogen) atoms. The van der Waals surface area contributed by atoms with Gasteiger partial charge in [0.15, 0.2) is 11.5 Å². The third-order valence-corrected chi connectivity index (χ3v) is 4.76. The highest BCUT2D eigenvalue weighted by Crippen LogP contribution is 2.28. The first kappa shape index (κ1) is 18.5. The van der Waals surface area contributed by atoms with Gasteiger partial charge in [0.2, 0.25) is 0 Å². The number of hydrazone groups is 1. The van der Waals surface area contributed by atoms with Crippen molar-refractivity contribution in [3.05, 3.63) is 58.6 Å². The summed E-state index contributed by atoms with van der Waals surface area (Å²) in [5.74, 6) is 0.638. The molecule has 2 N–H and O–H groups in total. The van der Waals surface area contributed by atoms with Gasteiger partial charge in [-0.1, -0.05) is 29.8 Å². The highest BCUT2D eigenvalue weighted by Gasteiger charge is 2.18. The molecule has 3 rings (SSSR count). The second-order valence-corrected chi connectivity index (χ2v) is 6.81. The number of quaternary nitrogens is 1. The van der Waals surface area contributed by atoms with Gasteiger partial charge in [-0.2, -0.15) is 5.10 Å². The molecule has 2 aromatic rings. The molecule has 0 aromatic heterocycles. The van der Waals surface area contributed by atoms with Crippen LogP contribution in [0.3, 0.4) is 0 Å². The van der Waals surface area contributed by atoms with Gasteiger partial charge >= 0.3 is 0 Å². The molecule has 0 aliphatic carbocycles. The summed E-state index contributed by atoms with van der Waals surface area (Å²) in [4.78, 5) is 1.54. The smallest absolute Gasteiger partial charge is 0.166 e. The van der Waals surface area contributed by atoms with E-state index in [4.69, 9.17) is 16.3 Å². The molecule has 1 fully saturated rings. The van der Waals surface area contributed by atoms with Crippen LogP contribution < -0.4 is 9.64 Å². The largest absolute Gasteiger partial charge is 0.504 e. The van der Waals surface area contributed by atoms with Crippen LogP contribution in [-0.4, -0.2) is 49.1 Å². The number of para-hydroxylation sites is 1. The van der Waals surface area contributed by atoms with Crippen molar-refractivity contribution in [1.82, 2.24) is 5.01 Å². The number of phenolic OH excluding ortho intramolecular Hbond substituents is 1. The van der Waals surface area contributed by atoms with Crippen molar-refractivity contribution >= 4 is 17.8 Å². The summed E-state index contributed by atoms with van der Waals surface area (Å²) in [5.41, 5.74) is 1.98. The lowest BCUT2D eigenvalue weighted by Crippen LogP contribution is -3.13. The maximum Gasteiger partial charge on any atom is 0.166 e. The van der Waals surface area contributed by atoms with Gasteiger partial charge in [0.05, 0.1) is 39.0 Å². The Hall–Kier alpha value is -2.24. The third kappa shape index (κ3) is 4.90. The molecule has 1 aliphatic rings. The molecule has 1 aliphatic heterocycles. The Morgan fingerprint density at radius 2 is 1.92 bits per heavy atom. The quantitative estimate of drug-likeness (QED) is 0.762. The number of phenols is 1. The van der Waals surface area contributed by atoms with Crippen LogP contribution in [0.1, 0.15) is 18.1 Å². The van der Waals surface area contributed by atoms with Crippen LogP contribution in [0.4, 0.5) is 0 Å². The van der Waals surface area contributed by atoms with E-state index in [1.165, 1.54) is 5.56 Å². The lowest BCUT2D eigenvalue weighted by molar-refractivity contribution is -0.918. The molecule has 0 radical (unpaired) electrons. The van der Waals surface area contributed by atoms with Crippen LogP contribution in [0.25, 0.3) is 0 Å². The number of hydrogen-bond acceptors (Lipinski definition) is 4. The van der Waals surface area contributed by atoms with Gasteiger partial charge in [0.1, 0.15) is 6.54 Å². The van der Waals surface area contributed by atoms with E-state index in [-0.39, 0.29) is 5.75 Å². The summed E-state index contributed by atoms with van der Waals surface area (Å²) in [5, 5.41) is 17.6. The molecule has 0 spiro atoms. The minimum Gasteiger partial charge on any atom is -0.504 e. The van der Waals surface area contributed by atoms with Crippen LogP contribution >= 0.6 is 11.6 Å². The molecule has 6 heteroatoms. The van der Waals surface area contributed by atoms with E-state index in [2.05, 4.69) is 22.2 Å². The number of rotatable bonds is 6. The Balaban J connectivity index is 1.53. The molecule has 0 atom stereocenters. The zero-order chi connectivity index (χ0) is 18.4. The van der Waals surface area contributed by atoms with Crippen LogP contribution in [0, 0.1) is 0 Å². The van der Waals surface area contributed by atoms with Crippen molar-refractivity contribution in [3.63, 3.8) is 0 Å². The maximum absolute atomic E-state index is 10.2. The van der Waals surface area contributed by atoms with Gasteiger partial charge in [-0.3, -0.25) is 5.01 Å². The normalized spacial score (nSPS) is 15.5. The van der Waals surface area contributed by atoms with Crippen molar-refractivity contribution in [2.45, 2.75) is 13.5 Å². The minimum absolute atomic E-state index is 0.144. The lowest BCUT2D eigenvalue weighted by atomic mass is 10.2. The fourth-order valence-corrected chi connectivity index (χ4v) is 3.18. The molecule has 1 heterocycles.